The van der Waals surface area contributed by atoms with Crippen molar-refractivity contribution in [3.05, 3.63) is 44.7 Å². The van der Waals surface area contributed by atoms with Crippen molar-refractivity contribution in [2.45, 2.75) is 13.8 Å². The first-order chi connectivity index (χ1) is 6.61. The second-order valence-electron chi connectivity index (χ2n) is 3.39. The van der Waals surface area contributed by atoms with Gasteiger partial charge in [0.15, 0.2) is 0 Å². The maximum atomic E-state index is 11.4. The third-order valence-corrected chi connectivity index (χ3v) is 2.90. The molecule has 72 valence electrons. The highest BCUT2D eigenvalue weighted by atomic mass is 35.5. The van der Waals surface area contributed by atoms with Crippen LogP contribution in [0.15, 0.2) is 23.0 Å². The highest BCUT2D eigenvalue weighted by Gasteiger charge is 2.07. The standard InChI is InChI=1S/C11H10ClNO/c1-6-4-3-5-8-7(2)9(12)11(14)13-10(6)8/h3-5H,1-2H3,(H,13,14). The molecule has 2 aromatic rings. The zero-order valence-electron chi connectivity index (χ0n) is 8.02. The van der Waals surface area contributed by atoms with Crippen LogP contribution in [0.3, 0.4) is 0 Å². The predicted octanol–water partition coefficient (Wildman–Crippen LogP) is 2.80. The fourth-order valence-electron chi connectivity index (χ4n) is 1.60. The lowest BCUT2D eigenvalue weighted by Crippen LogP contribution is -2.08. The average Bonchev–Trinajstić information content (AvgIpc) is 2.17. The van der Waals surface area contributed by atoms with E-state index in [1.807, 2.05) is 32.0 Å². The summed E-state index contributed by atoms with van der Waals surface area (Å²) in [6.45, 7) is 3.82. The summed E-state index contributed by atoms with van der Waals surface area (Å²) in [6, 6.07) is 5.88. The molecular formula is C11H10ClNO. The summed E-state index contributed by atoms with van der Waals surface area (Å²) in [5, 5.41) is 1.29. The Labute approximate surface area is 86.5 Å². The van der Waals surface area contributed by atoms with Crippen molar-refractivity contribution in [2.75, 3.05) is 0 Å². The molecule has 3 heteroatoms. The van der Waals surface area contributed by atoms with Gasteiger partial charge in [0, 0.05) is 5.39 Å². The Hall–Kier alpha value is -1.28. The van der Waals surface area contributed by atoms with E-state index >= 15 is 0 Å². The van der Waals surface area contributed by atoms with Gasteiger partial charge in [0.1, 0.15) is 5.02 Å². The van der Waals surface area contributed by atoms with Crippen molar-refractivity contribution in [1.82, 2.24) is 4.98 Å². The Morgan fingerprint density at radius 1 is 1.29 bits per heavy atom. The molecule has 0 aliphatic rings. The van der Waals surface area contributed by atoms with Gasteiger partial charge in [-0.25, -0.2) is 0 Å². The maximum Gasteiger partial charge on any atom is 0.267 e. The normalized spacial score (nSPS) is 10.8. The molecule has 14 heavy (non-hydrogen) atoms. The zero-order chi connectivity index (χ0) is 10.3. The number of aromatic nitrogens is 1. The van der Waals surface area contributed by atoms with E-state index in [9.17, 15) is 4.79 Å². The molecule has 1 aromatic heterocycles. The Bertz CT molecular complexity index is 557. The van der Waals surface area contributed by atoms with E-state index in [0.717, 1.165) is 22.0 Å². The number of para-hydroxylation sites is 1. The molecule has 0 saturated heterocycles. The number of pyridine rings is 1. The highest BCUT2D eigenvalue weighted by Crippen LogP contribution is 2.22. The predicted molar refractivity (Wildman–Crippen MR) is 59.1 cm³/mol. The van der Waals surface area contributed by atoms with Crippen LogP contribution in [0, 0.1) is 13.8 Å². The van der Waals surface area contributed by atoms with Gasteiger partial charge in [0.25, 0.3) is 5.56 Å². The summed E-state index contributed by atoms with van der Waals surface area (Å²) in [4.78, 5) is 14.2. The first-order valence-corrected chi connectivity index (χ1v) is 4.77. The van der Waals surface area contributed by atoms with E-state index in [-0.39, 0.29) is 10.6 Å². The molecule has 1 aromatic carbocycles. The fraction of sp³-hybridized carbons (Fsp3) is 0.182. The summed E-state index contributed by atoms with van der Waals surface area (Å²) < 4.78 is 0. The SMILES string of the molecule is Cc1c(Cl)c(=O)[nH]c2c(C)cccc12. The quantitative estimate of drug-likeness (QED) is 0.708. The summed E-state index contributed by atoms with van der Waals surface area (Å²) in [5.74, 6) is 0. The zero-order valence-corrected chi connectivity index (χ0v) is 8.77. The largest absolute Gasteiger partial charge is 0.320 e. The van der Waals surface area contributed by atoms with E-state index in [0.29, 0.717) is 0 Å². The number of H-pyrrole nitrogens is 1. The first-order valence-electron chi connectivity index (χ1n) is 4.39. The molecule has 1 N–H and O–H groups in total. The molecule has 0 aliphatic carbocycles. The second-order valence-corrected chi connectivity index (χ2v) is 3.77. The van der Waals surface area contributed by atoms with Crippen LogP contribution in [-0.2, 0) is 0 Å². The van der Waals surface area contributed by atoms with E-state index in [1.165, 1.54) is 0 Å². The van der Waals surface area contributed by atoms with Gasteiger partial charge in [-0.15, -0.1) is 0 Å². The van der Waals surface area contributed by atoms with Gasteiger partial charge < -0.3 is 4.98 Å². The van der Waals surface area contributed by atoms with Gasteiger partial charge in [-0.3, -0.25) is 4.79 Å². The number of halogens is 1. The van der Waals surface area contributed by atoms with Crippen molar-refractivity contribution in [2.24, 2.45) is 0 Å². The molecule has 2 rings (SSSR count). The van der Waals surface area contributed by atoms with Crippen LogP contribution in [0.1, 0.15) is 11.1 Å². The van der Waals surface area contributed by atoms with Gasteiger partial charge >= 0.3 is 0 Å². The van der Waals surface area contributed by atoms with Crippen LogP contribution in [0.25, 0.3) is 10.9 Å². The smallest absolute Gasteiger partial charge is 0.267 e. The summed E-state index contributed by atoms with van der Waals surface area (Å²) in [7, 11) is 0. The number of aryl methyl sites for hydroxylation is 2. The van der Waals surface area contributed by atoms with Crippen molar-refractivity contribution in [1.29, 1.82) is 0 Å². The minimum absolute atomic E-state index is 0.217. The van der Waals surface area contributed by atoms with Crippen LogP contribution in [0.2, 0.25) is 5.02 Å². The summed E-state index contributed by atoms with van der Waals surface area (Å²) in [5.41, 5.74) is 2.55. The third kappa shape index (κ3) is 1.23. The fourth-order valence-corrected chi connectivity index (χ4v) is 1.75. The Morgan fingerprint density at radius 3 is 2.71 bits per heavy atom. The van der Waals surface area contributed by atoms with E-state index in [2.05, 4.69) is 4.98 Å². The van der Waals surface area contributed by atoms with Gasteiger partial charge in [0.05, 0.1) is 5.52 Å². The topological polar surface area (TPSA) is 32.9 Å². The number of nitrogens with one attached hydrogen (secondary N) is 1. The molecule has 0 aliphatic heterocycles. The molecule has 0 atom stereocenters. The second kappa shape index (κ2) is 3.14. The van der Waals surface area contributed by atoms with Gasteiger partial charge in [-0.05, 0) is 25.0 Å². The molecule has 1 heterocycles. The Kier molecular flexibility index (Phi) is 2.08. The lowest BCUT2D eigenvalue weighted by molar-refractivity contribution is 1.26. The summed E-state index contributed by atoms with van der Waals surface area (Å²) >= 11 is 5.87. The Morgan fingerprint density at radius 2 is 2.00 bits per heavy atom. The van der Waals surface area contributed by atoms with Crippen LogP contribution in [-0.4, -0.2) is 4.98 Å². The third-order valence-electron chi connectivity index (χ3n) is 2.44. The molecular weight excluding hydrogens is 198 g/mol. The van der Waals surface area contributed by atoms with Crippen molar-refractivity contribution in [3.63, 3.8) is 0 Å². The molecule has 0 fully saturated rings. The first kappa shape index (κ1) is 9.28. The van der Waals surface area contributed by atoms with Gasteiger partial charge in [-0.2, -0.15) is 0 Å². The van der Waals surface area contributed by atoms with E-state index < -0.39 is 0 Å². The monoisotopic (exact) mass is 207 g/mol. The molecule has 0 radical (unpaired) electrons. The van der Waals surface area contributed by atoms with Crippen LogP contribution < -0.4 is 5.56 Å². The number of benzene rings is 1. The molecule has 0 amide bonds. The average molecular weight is 208 g/mol. The van der Waals surface area contributed by atoms with Gasteiger partial charge in [-0.1, -0.05) is 29.8 Å². The van der Waals surface area contributed by atoms with Crippen LogP contribution >= 0.6 is 11.6 Å². The minimum atomic E-state index is -0.217. The van der Waals surface area contributed by atoms with E-state index in [4.69, 9.17) is 11.6 Å². The number of fused-ring (bicyclic) bond motifs is 1. The van der Waals surface area contributed by atoms with Crippen molar-refractivity contribution < 1.29 is 0 Å². The Balaban J connectivity index is 3.06. The lowest BCUT2D eigenvalue weighted by atomic mass is 10.1. The van der Waals surface area contributed by atoms with Gasteiger partial charge in [0.2, 0.25) is 0 Å². The van der Waals surface area contributed by atoms with Crippen LogP contribution in [0.4, 0.5) is 0 Å². The highest BCUT2D eigenvalue weighted by molar-refractivity contribution is 6.32. The van der Waals surface area contributed by atoms with E-state index in [1.54, 1.807) is 0 Å². The number of aromatic amines is 1. The van der Waals surface area contributed by atoms with Crippen molar-refractivity contribution in [3.8, 4) is 0 Å². The number of hydrogen-bond acceptors (Lipinski definition) is 1. The van der Waals surface area contributed by atoms with Crippen molar-refractivity contribution >= 4 is 22.5 Å². The number of hydrogen-bond donors (Lipinski definition) is 1. The minimum Gasteiger partial charge on any atom is -0.320 e. The maximum absolute atomic E-state index is 11.4. The summed E-state index contributed by atoms with van der Waals surface area (Å²) in [6.07, 6.45) is 0. The lowest BCUT2D eigenvalue weighted by Gasteiger charge is -2.05. The van der Waals surface area contributed by atoms with Crippen LogP contribution in [0.5, 0.6) is 0 Å². The molecule has 2 nitrogen and oxygen atoms in total. The molecule has 0 unspecified atom stereocenters. The molecule has 0 spiro atoms. The molecule has 0 saturated carbocycles. The number of rotatable bonds is 0. The molecule has 0 bridgehead atoms.